The summed E-state index contributed by atoms with van der Waals surface area (Å²) in [7, 11) is 0. The van der Waals surface area contributed by atoms with E-state index in [2.05, 4.69) is 11.6 Å². The molecule has 1 fully saturated rings. The van der Waals surface area contributed by atoms with Crippen molar-refractivity contribution in [1.29, 1.82) is 0 Å². The molecule has 1 aromatic carbocycles. The van der Waals surface area contributed by atoms with Crippen LogP contribution in [0.15, 0.2) is 48.1 Å². The minimum atomic E-state index is -0.954. The van der Waals surface area contributed by atoms with Gasteiger partial charge in [-0.2, -0.15) is 0 Å². The number of morpholine rings is 1. The van der Waals surface area contributed by atoms with Crippen LogP contribution in [0.1, 0.15) is 34.1 Å². The van der Waals surface area contributed by atoms with Gasteiger partial charge >= 0.3 is 0 Å². The van der Waals surface area contributed by atoms with E-state index in [4.69, 9.17) is 9.47 Å². The average molecular weight is 463 g/mol. The lowest BCUT2D eigenvalue weighted by atomic mass is 10.1. The van der Waals surface area contributed by atoms with E-state index >= 15 is 0 Å². The normalized spacial score (nSPS) is 16.0. The Morgan fingerprint density at radius 3 is 2.81 bits per heavy atom. The van der Waals surface area contributed by atoms with Crippen LogP contribution in [0.5, 0.6) is 5.75 Å². The monoisotopic (exact) mass is 462 g/mol. The number of ether oxygens (including phenoxy) is 2. The Bertz CT molecular complexity index is 979. The summed E-state index contributed by atoms with van der Waals surface area (Å²) in [5, 5.41) is 0.613. The van der Waals surface area contributed by atoms with Gasteiger partial charge in [-0.3, -0.25) is 9.59 Å². The number of nitrogens with zero attached hydrogens (tertiary/aromatic N) is 2. The largest absolute Gasteiger partial charge is 0.485 e. The number of Topliss-reactive ketones (excluding diaryl/α,β-unsaturated/α-hetero) is 1. The number of carbonyl (C=O) groups is 2. The van der Waals surface area contributed by atoms with Gasteiger partial charge in [-0.25, -0.2) is 13.8 Å². The van der Waals surface area contributed by atoms with Crippen molar-refractivity contribution in [2.24, 2.45) is 0 Å². The molecule has 0 bridgehead atoms. The summed E-state index contributed by atoms with van der Waals surface area (Å²) < 4.78 is 39.5. The van der Waals surface area contributed by atoms with E-state index in [9.17, 15) is 18.4 Å². The molecule has 1 atom stereocenters. The van der Waals surface area contributed by atoms with Crippen LogP contribution < -0.4 is 4.74 Å². The van der Waals surface area contributed by atoms with Crippen LogP contribution in [0.25, 0.3) is 0 Å². The Hall–Kier alpha value is -2.78. The molecule has 6 nitrogen and oxygen atoms in total. The molecule has 1 saturated heterocycles. The van der Waals surface area contributed by atoms with Gasteiger partial charge in [0, 0.05) is 30.5 Å². The van der Waals surface area contributed by atoms with Gasteiger partial charge in [0.05, 0.1) is 18.7 Å². The maximum atomic E-state index is 14.3. The summed E-state index contributed by atoms with van der Waals surface area (Å²) in [5.41, 5.74) is 0.441. The Morgan fingerprint density at radius 2 is 2.12 bits per heavy atom. The number of carbonyl (C=O) groups excluding carboxylic acids is 2. The fraction of sp³-hybridized carbons (Fsp3) is 0.348. The highest BCUT2D eigenvalue weighted by Crippen LogP contribution is 2.25. The van der Waals surface area contributed by atoms with Gasteiger partial charge in [-0.05, 0) is 24.3 Å². The number of hydrogen-bond donors (Lipinski definition) is 0. The van der Waals surface area contributed by atoms with Crippen LogP contribution in [0.2, 0.25) is 0 Å². The SMILES string of the molecule is C=CCSc1ncccc1C(=O)N1CCOC(COc2c(F)cc(C(=O)CC)cc2F)C1. The first-order chi connectivity index (χ1) is 15.4. The molecule has 0 aliphatic carbocycles. The molecule has 2 aromatic rings. The lowest BCUT2D eigenvalue weighted by Crippen LogP contribution is -2.47. The smallest absolute Gasteiger partial charge is 0.256 e. The zero-order valence-electron chi connectivity index (χ0n) is 17.7. The first-order valence-corrected chi connectivity index (χ1v) is 11.2. The molecule has 9 heteroatoms. The summed E-state index contributed by atoms with van der Waals surface area (Å²) in [6.45, 7) is 6.00. The lowest BCUT2D eigenvalue weighted by Gasteiger charge is -2.33. The Balaban J connectivity index is 1.66. The summed E-state index contributed by atoms with van der Waals surface area (Å²) in [4.78, 5) is 30.6. The zero-order valence-corrected chi connectivity index (χ0v) is 18.5. The van der Waals surface area contributed by atoms with Gasteiger partial charge in [0.15, 0.2) is 23.2 Å². The van der Waals surface area contributed by atoms with E-state index in [1.54, 1.807) is 36.2 Å². The summed E-state index contributed by atoms with van der Waals surface area (Å²) >= 11 is 1.42. The molecule has 0 radical (unpaired) electrons. The minimum absolute atomic E-state index is 0.0397. The number of rotatable bonds is 9. The first-order valence-electron chi connectivity index (χ1n) is 10.2. The van der Waals surface area contributed by atoms with Crippen molar-refractivity contribution in [3.05, 3.63) is 65.9 Å². The van der Waals surface area contributed by atoms with E-state index in [1.807, 2.05) is 0 Å². The van der Waals surface area contributed by atoms with E-state index < -0.39 is 23.5 Å². The highest BCUT2D eigenvalue weighted by molar-refractivity contribution is 7.99. The van der Waals surface area contributed by atoms with Crippen LogP contribution in [0.3, 0.4) is 0 Å². The maximum Gasteiger partial charge on any atom is 0.256 e. The van der Waals surface area contributed by atoms with Crippen LogP contribution in [0, 0.1) is 11.6 Å². The Morgan fingerprint density at radius 1 is 1.38 bits per heavy atom. The fourth-order valence-electron chi connectivity index (χ4n) is 3.22. The molecule has 1 amide bonds. The molecule has 0 N–H and O–H groups in total. The van der Waals surface area contributed by atoms with Crippen molar-refractivity contribution in [3.8, 4) is 5.75 Å². The Kier molecular flexibility index (Phi) is 8.35. The molecule has 2 heterocycles. The van der Waals surface area contributed by atoms with Crippen LogP contribution >= 0.6 is 11.8 Å². The van der Waals surface area contributed by atoms with Crippen molar-refractivity contribution < 1.29 is 27.8 Å². The maximum absolute atomic E-state index is 14.3. The van der Waals surface area contributed by atoms with Crippen LogP contribution in [-0.4, -0.2) is 59.7 Å². The van der Waals surface area contributed by atoms with E-state index in [0.29, 0.717) is 22.9 Å². The third-order valence-corrected chi connectivity index (χ3v) is 5.82. The van der Waals surface area contributed by atoms with Gasteiger partial charge in [0.25, 0.3) is 5.91 Å². The third kappa shape index (κ3) is 5.72. The quantitative estimate of drug-likeness (QED) is 0.317. The molecule has 0 saturated carbocycles. The third-order valence-electron chi connectivity index (χ3n) is 4.82. The number of benzene rings is 1. The van der Waals surface area contributed by atoms with Gasteiger partial charge in [0.1, 0.15) is 17.7 Å². The van der Waals surface area contributed by atoms with Crippen molar-refractivity contribution in [1.82, 2.24) is 9.88 Å². The van der Waals surface area contributed by atoms with Crippen LogP contribution in [-0.2, 0) is 4.74 Å². The second-order valence-corrected chi connectivity index (χ2v) is 8.07. The molecule has 1 aliphatic heterocycles. The van der Waals surface area contributed by atoms with E-state index in [1.165, 1.54) is 11.8 Å². The standard InChI is InChI=1S/C23H24F2N2O4S/c1-3-10-32-22-17(6-5-7-26-22)23(29)27-8-9-30-16(13-27)14-31-21-18(24)11-15(12-19(21)25)20(28)4-2/h3,5-7,11-12,16H,1,4,8-10,13-14H2,2H3. The minimum Gasteiger partial charge on any atom is -0.485 e. The molecule has 3 rings (SSSR count). The second-order valence-electron chi connectivity index (χ2n) is 7.06. The zero-order chi connectivity index (χ0) is 23.1. The summed E-state index contributed by atoms with van der Waals surface area (Å²) in [5.74, 6) is -2.41. The van der Waals surface area contributed by atoms with Gasteiger partial charge in [0.2, 0.25) is 0 Å². The second kappa shape index (κ2) is 11.2. The molecule has 1 unspecified atom stereocenters. The van der Waals surface area contributed by atoms with Gasteiger partial charge in [-0.1, -0.05) is 13.0 Å². The average Bonchev–Trinajstić information content (AvgIpc) is 2.81. The van der Waals surface area contributed by atoms with Crippen LogP contribution in [0.4, 0.5) is 8.78 Å². The number of amides is 1. The molecule has 0 spiro atoms. The molecular weight excluding hydrogens is 438 g/mol. The lowest BCUT2D eigenvalue weighted by molar-refractivity contribution is -0.0411. The molecule has 170 valence electrons. The molecule has 1 aliphatic rings. The predicted octanol–water partition coefficient (Wildman–Crippen LogP) is 4.15. The fourth-order valence-corrected chi connectivity index (χ4v) is 3.94. The van der Waals surface area contributed by atoms with Crippen molar-refractivity contribution in [2.75, 3.05) is 32.1 Å². The number of pyridine rings is 1. The Labute approximate surface area is 189 Å². The van der Waals surface area contributed by atoms with Gasteiger partial charge < -0.3 is 14.4 Å². The van der Waals surface area contributed by atoms with Crippen molar-refractivity contribution in [2.45, 2.75) is 24.5 Å². The van der Waals surface area contributed by atoms with Gasteiger partial charge in [-0.15, -0.1) is 18.3 Å². The predicted molar refractivity (Wildman–Crippen MR) is 117 cm³/mol. The molecule has 1 aromatic heterocycles. The topological polar surface area (TPSA) is 68.7 Å². The molecular formula is C23H24F2N2O4S. The number of ketones is 1. The molecule has 32 heavy (non-hydrogen) atoms. The summed E-state index contributed by atoms with van der Waals surface area (Å²) in [6, 6.07) is 5.34. The highest BCUT2D eigenvalue weighted by atomic mass is 32.2. The van der Waals surface area contributed by atoms with Crippen molar-refractivity contribution >= 4 is 23.5 Å². The number of aromatic nitrogens is 1. The number of thioether (sulfide) groups is 1. The highest BCUT2D eigenvalue weighted by Gasteiger charge is 2.28. The van der Waals surface area contributed by atoms with E-state index in [0.717, 1.165) is 12.1 Å². The summed E-state index contributed by atoms with van der Waals surface area (Å²) in [6.07, 6.45) is 2.94. The van der Waals surface area contributed by atoms with Crippen molar-refractivity contribution in [3.63, 3.8) is 0 Å². The first kappa shape index (κ1) is 23.9. The number of hydrogen-bond acceptors (Lipinski definition) is 6. The van der Waals surface area contributed by atoms with E-state index in [-0.39, 0.29) is 43.4 Å². The number of halogens is 2.